The Bertz CT molecular complexity index is 1010. The first-order valence-electron chi connectivity index (χ1n) is 11.2. The zero-order valence-electron chi connectivity index (χ0n) is 18.8. The normalized spacial score (nSPS) is 22.9. The maximum atomic E-state index is 12.8. The van der Waals surface area contributed by atoms with Crippen molar-refractivity contribution in [1.82, 2.24) is 0 Å². The van der Waals surface area contributed by atoms with Gasteiger partial charge < -0.3 is 18.9 Å². The molecule has 0 saturated carbocycles. The Morgan fingerprint density at radius 3 is 1.91 bits per heavy atom. The molecule has 0 amide bonds. The Kier molecular flexibility index (Phi) is 7.88. The number of alkyl halides is 3. The molecule has 0 bridgehead atoms. The summed E-state index contributed by atoms with van der Waals surface area (Å²) in [5, 5.41) is 0. The van der Waals surface area contributed by atoms with Crippen LogP contribution in [0.5, 0.6) is 5.75 Å². The summed E-state index contributed by atoms with van der Waals surface area (Å²) in [7, 11) is 0. The molecule has 0 aromatic heterocycles. The molecule has 0 aliphatic carbocycles. The van der Waals surface area contributed by atoms with Gasteiger partial charge in [0.05, 0.1) is 31.0 Å². The standard InChI is InChI=1S/C27H27F3O4/c1-19-26(32-18-21-10-6-3-7-11-21)24(31-17-20-8-4-2-5-9-20)16-25(33-19)34-23-14-12-22(13-15-23)27(28,29)30/h2-15,19,24-26H,16-18H2,1H3/t19-,24-,25+,26-/m0/s1. The Morgan fingerprint density at radius 2 is 1.35 bits per heavy atom. The first-order chi connectivity index (χ1) is 16.4. The molecule has 4 atom stereocenters. The van der Waals surface area contributed by atoms with E-state index in [4.69, 9.17) is 18.9 Å². The van der Waals surface area contributed by atoms with Crippen LogP contribution in [-0.4, -0.2) is 24.6 Å². The smallest absolute Gasteiger partial charge is 0.416 e. The second-order valence-electron chi connectivity index (χ2n) is 8.24. The molecular formula is C27H27F3O4. The lowest BCUT2D eigenvalue weighted by Crippen LogP contribution is -2.50. The summed E-state index contributed by atoms with van der Waals surface area (Å²) < 4.78 is 62.9. The predicted molar refractivity (Wildman–Crippen MR) is 121 cm³/mol. The van der Waals surface area contributed by atoms with Gasteiger partial charge in [-0.15, -0.1) is 0 Å². The fraction of sp³-hybridized carbons (Fsp3) is 0.333. The van der Waals surface area contributed by atoms with E-state index >= 15 is 0 Å². The molecule has 1 saturated heterocycles. The average Bonchev–Trinajstić information content (AvgIpc) is 2.83. The van der Waals surface area contributed by atoms with Gasteiger partial charge in [0, 0.05) is 6.42 Å². The van der Waals surface area contributed by atoms with Crippen molar-refractivity contribution in [3.05, 3.63) is 102 Å². The molecule has 1 fully saturated rings. The Labute approximate surface area is 197 Å². The third kappa shape index (κ3) is 6.59. The third-order valence-electron chi connectivity index (χ3n) is 5.66. The summed E-state index contributed by atoms with van der Waals surface area (Å²) in [6.45, 7) is 2.70. The van der Waals surface area contributed by atoms with E-state index in [0.29, 0.717) is 25.4 Å². The fourth-order valence-electron chi connectivity index (χ4n) is 3.90. The van der Waals surface area contributed by atoms with Crippen LogP contribution in [0.15, 0.2) is 84.9 Å². The molecule has 3 aromatic rings. The van der Waals surface area contributed by atoms with E-state index in [2.05, 4.69) is 0 Å². The molecule has 0 radical (unpaired) electrons. The largest absolute Gasteiger partial charge is 0.465 e. The van der Waals surface area contributed by atoms with Crippen molar-refractivity contribution < 1.29 is 32.1 Å². The summed E-state index contributed by atoms with van der Waals surface area (Å²) >= 11 is 0. The van der Waals surface area contributed by atoms with Gasteiger partial charge in [-0.05, 0) is 42.3 Å². The second kappa shape index (κ2) is 11.0. The minimum absolute atomic E-state index is 0.302. The molecular weight excluding hydrogens is 445 g/mol. The molecule has 1 aliphatic rings. The molecule has 34 heavy (non-hydrogen) atoms. The van der Waals surface area contributed by atoms with Crippen molar-refractivity contribution in [2.45, 2.75) is 57.3 Å². The first-order valence-corrected chi connectivity index (χ1v) is 11.2. The van der Waals surface area contributed by atoms with Crippen LogP contribution in [0.3, 0.4) is 0 Å². The molecule has 7 heteroatoms. The van der Waals surface area contributed by atoms with E-state index in [1.165, 1.54) is 12.1 Å². The summed E-state index contributed by atoms with van der Waals surface area (Å²) in [6.07, 6.45) is -5.71. The van der Waals surface area contributed by atoms with Gasteiger partial charge in [0.25, 0.3) is 0 Å². The minimum Gasteiger partial charge on any atom is -0.465 e. The number of halogens is 3. The molecule has 0 spiro atoms. The Morgan fingerprint density at radius 1 is 0.794 bits per heavy atom. The van der Waals surface area contributed by atoms with Gasteiger partial charge >= 0.3 is 6.18 Å². The van der Waals surface area contributed by atoms with Gasteiger partial charge in [0.2, 0.25) is 6.29 Å². The molecule has 1 heterocycles. The average molecular weight is 473 g/mol. The van der Waals surface area contributed by atoms with Crippen LogP contribution in [0.4, 0.5) is 13.2 Å². The zero-order chi connectivity index (χ0) is 24.0. The van der Waals surface area contributed by atoms with Gasteiger partial charge in [-0.2, -0.15) is 13.2 Å². The summed E-state index contributed by atoms with van der Waals surface area (Å²) in [4.78, 5) is 0. The van der Waals surface area contributed by atoms with Gasteiger partial charge in [0.1, 0.15) is 11.9 Å². The van der Waals surface area contributed by atoms with Crippen LogP contribution in [0.2, 0.25) is 0 Å². The van der Waals surface area contributed by atoms with Crippen LogP contribution in [0.25, 0.3) is 0 Å². The highest BCUT2D eigenvalue weighted by molar-refractivity contribution is 5.29. The monoisotopic (exact) mass is 472 g/mol. The van der Waals surface area contributed by atoms with Crippen LogP contribution < -0.4 is 4.74 Å². The molecule has 180 valence electrons. The van der Waals surface area contributed by atoms with Crippen molar-refractivity contribution in [2.24, 2.45) is 0 Å². The van der Waals surface area contributed by atoms with Gasteiger partial charge in [-0.25, -0.2) is 0 Å². The SMILES string of the molecule is C[C@@H]1O[C@H](Oc2ccc(C(F)(F)F)cc2)C[C@H](OCc2ccccc2)[C@H]1OCc1ccccc1. The number of rotatable bonds is 8. The predicted octanol–water partition coefficient (Wildman–Crippen LogP) is 6.39. The molecule has 3 aromatic carbocycles. The van der Waals surface area contributed by atoms with Crippen molar-refractivity contribution in [3.8, 4) is 5.75 Å². The highest BCUT2D eigenvalue weighted by Gasteiger charge is 2.39. The van der Waals surface area contributed by atoms with Crippen molar-refractivity contribution in [1.29, 1.82) is 0 Å². The fourth-order valence-corrected chi connectivity index (χ4v) is 3.90. The minimum atomic E-state index is -4.39. The van der Waals surface area contributed by atoms with E-state index in [1.54, 1.807) is 0 Å². The second-order valence-corrected chi connectivity index (χ2v) is 8.24. The number of hydrogen-bond acceptors (Lipinski definition) is 4. The van der Waals surface area contributed by atoms with Crippen molar-refractivity contribution in [3.63, 3.8) is 0 Å². The summed E-state index contributed by atoms with van der Waals surface area (Å²) in [5.74, 6) is 0.302. The van der Waals surface area contributed by atoms with Gasteiger partial charge in [0.15, 0.2) is 0 Å². The molecule has 4 nitrogen and oxygen atoms in total. The maximum Gasteiger partial charge on any atom is 0.416 e. The third-order valence-corrected chi connectivity index (χ3v) is 5.66. The van der Waals surface area contributed by atoms with E-state index in [0.717, 1.165) is 23.3 Å². The van der Waals surface area contributed by atoms with Crippen LogP contribution in [0, 0.1) is 0 Å². The zero-order valence-corrected chi connectivity index (χ0v) is 18.8. The molecule has 0 N–H and O–H groups in total. The lowest BCUT2D eigenvalue weighted by molar-refractivity contribution is -0.243. The van der Waals surface area contributed by atoms with Crippen LogP contribution in [0.1, 0.15) is 30.0 Å². The number of hydrogen-bond donors (Lipinski definition) is 0. The quantitative estimate of drug-likeness (QED) is 0.381. The molecule has 1 aliphatic heterocycles. The van der Waals surface area contributed by atoms with E-state index in [1.807, 2.05) is 67.6 Å². The summed E-state index contributed by atoms with van der Waals surface area (Å²) in [6, 6.07) is 24.2. The molecule has 0 unspecified atom stereocenters. The number of benzene rings is 3. The number of ether oxygens (including phenoxy) is 4. The van der Waals surface area contributed by atoms with E-state index in [-0.39, 0.29) is 18.3 Å². The van der Waals surface area contributed by atoms with E-state index in [9.17, 15) is 13.2 Å². The maximum absolute atomic E-state index is 12.8. The van der Waals surface area contributed by atoms with Crippen LogP contribution >= 0.6 is 0 Å². The highest BCUT2D eigenvalue weighted by atomic mass is 19.4. The Hall–Kier alpha value is -2.87. The van der Waals surface area contributed by atoms with Crippen LogP contribution in [-0.2, 0) is 33.6 Å². The lowest BCUT2D eigenvalue weighted by atomic mass is 10.0. The first kappa shape index (κ1) is 24.3. The van der Waals surface area contributed by atoms with E-state index < -0.39 is 18.0 Å². The Balaban J connectivity index is 1.43. The molecule has 4 rings (SSSR count). The van der Waals surface area contributed by atoms with Crippen molar-refractivity contribution >= 4 is 0 Å². The summed E-state index contributed by atoms with van der Waals surface area (Å²) in [5.41, 5.74) is 1.35. The topological polar surface area (TPSA) is 36.9 Å². The van der Waals surface area contributed by atoms with Gasteiger partial charge in [-0.1, -0.05) is 60.7 Å². The highest BCUT2D eigenvalue weighted by Crippen LogP contribution is 2.32. The van der Waals surface area contributed by atoms with Gasteiger partial charge in [-0.3, -0.25) is 0 Å². The van der Waals surface area contributed by atoms with Crippen molar-refractivity contribution in [2.75, 3.05) is 0 Å². The lowest BCUT2D eigenvalue weighted by Gasteiger charge is -2.40.